The molecule has 0 aromatic carbocycles. The van der Waals surface area contributed by atoms with Gasteiger partial charge in [-0.25, -0.2) is 4.98 Å². The predicted octanol–water partition coefficient (Wildman–Crippen LogP) is 1.00. The van der Waals surface area contributed by atoms with E-state index in [1.807, 2.05) is 10.8 Å². The monoisotopic (exact) mass is 365 g/mol. The van der Waals surface area contributed by atoms with Crippen molar-refractivity contribution >= 4 is 27.5 Å². The highest BCUT2D eigenvalue weighted by molar-refractivity contribution is 9.10. The Labute approximate surface area is 135 Å². The summed E-state index contributed by atoms with van der Waals surface area (Å²) in [4.78, 5) is 31.3. The molecular weight excluding hydrogens is 350 g/mol. The normalized spacial score (nSPS) is 17.6. The summed E-state index contributed by atoms with van der Waals surface area (Å²) in [6.45, 7) is 3.50. The van der Waals surface area contributed by atoms with Gasteiger partial charge in [0.05, 0.1) is 12.5 Å². The molecule has 1 amide bonds. The maximum atomic E-state index is 12.4. The first-order chi connectivity index (χ1) is 10.5. The minimum Gasteiger partial charge on any atom is -0.333 e. The summed E-state index contributed by atoms with van der Waals surface area (Å²) in [5.41, 5.74) is 0.665. The smallest absolute Gasteiger partial charge is 0.271 e. The van der Waals surface area contributed by atoms with Gasteiger partial charge in [-0.15, -0.1) is 0 Å². The van der Waals surface area contributed by atoms with E-state index in [4.69, 9.17) is 0 Å². The first-order valence-corrected chi connectivity index (χ1v) is 7.75. The molecule has 0 bridgehead atoms. The quantitative estimate of drug-likeness (QED) is 0.740. The van der Waals surface area contributed by atoms with Crippen LogP contribution < -0.4 is 16.2 Å². The van der Waals surface area contributed by atoms with Gasteiger partial charge in [-0.05, 0) is 28.9 Å². The number of carbonyl (C=O) groups is 1. The van der Waals surface area contributed by atoms with Crippen molar-refractivity contribution in [1.29, 1.82) is 0 Å². The zero-order valence-corrected chi connectivity index (χ0v) is 13.6. The number of hydrogen-bond acceptors (Lipinski definition) is 4. The highest BCUT2D eigenvalue weighted by Crippen LogP contribution is 2.16. The number of fused-ring (bicyclic) bond motifs is 1. The lowest BCUT2D eigenvalue weighted by molar-refractivity contribution is -0.120. The number of nitrogens with zero attached hydrogens (tertiary/aromatic N) is 2. The van der Waals surface area contributed by atoms with Crippen LogP contribution in [0.2, 0.25) is 0 Å². The molecule has 0 saturated heterocycles. The molecule has 7 nitrogen and oxygen atoms in total. The van der Waals surface area contributed by atoms with Crippen molar-refractivity contribution < 1.29 is 4.79 Å². The molecule has 3 heterocycles. The van der Waals surface area contributed by atoms with Crippen molar-refractivity contribution in [1.82, 2.24) is 19.9 Å². The van der Waals surface area contributed by atoms with Crippen molar-refractivity contribution in [3.8, 4) is 0 Å². The van der Waals surface area contributed by atoms with Crippen molar-refractivity contribution in [3.63, 3.8) is 0 Å². The van der Waals surface area contributed by atoms with Gasteiger partial charge in [-0.3, -0.25) is 9.59 Å². The predicted molar refractivity (Wildman–Crippen MR) is 85.6 cm³/mol. The molecule has 3 rings (SSSR count). The summed E-state index contributed by atoms with van der Waals surface area (Å²) in [5, 5.41) is 5.91. The number of anilines is 1. The van der Waals surface area contributed by atoms with Gasteiger partial charge in [0.1, 0.15) is 11.5 Å². The summed E-state index contributed by atoms with van der Waals surface area (Å²) < 4.78 is 2.71. The Balaban J connectivity index is 1.78. The van der Waals surface area contributed by atoms with Crippen LogP contribution in [-0.2, 0) is 17.9 Å². The van der Waals surface area contributed by atoms with Crippen LogP contribution in [-0.4, -0.2) is 27.0 Å². The standard InChI is InChI=1S/C14H16BrN5O2/c1-8-10(15)4-11(14(22)18-8)19-13(21)9-5-16-6-12-17-2-3-20(12)7-9/h2-4,9,16H,5-7H2,1H3,(H,18,22)(H,19,21). The molecule has 1 aliphatic heterocycles. The second kappa shape index (κ2) is 6.05. The zero-order chi connectivity index (χ0) is 15.7. The molecule has 1 aliphatic rings. The number of carbonyl (C=O) groups excluding carboxylic acids is 1. The van der Waals surface area contributed by atoms with Crippen molar-refractivity contribution in [2.24, 2.45) is 5.92 Å². The zero-order valence-electron chi connectivity index (χ0n) is 12.0. The third-order valence-corrected chi connectivity index (χ3v) is 4.52. The minimum atomic E-state index is -0.307. The molecule has 0 aliphatic carbocycles. The Kier molecular flexibility index (Phi) is 4.12. The van der Waals surface area contributed by atoms with E-state index in [1.54, 1.807) is 19.2 Å². The van der Waals surface area contributed by atoms with Crippen LogP contribution in [0.5, 0.6) is 0 Å². The Morgan fingerprint density at radius 2 is 2.36 bits per heavy atom. The summed E-state index contributed by atoms with van der Waals surface area (Å²) in [6, 6.07) is 1.62. The van der Waals surface area contributed by atoms with E-state index in [-0.39, 0.29) is 23.1 Å². The molecule has 3 N–H and O–H groups in total. The molecule has 2 aromatic heterocycles. The average Bonchev–Trinajstić information content (AvgIpc) is 2.81. The number of pyridine rings is 1. The number of aryl methyl sites for hydroxylation is 1. The fourth-order valence-corrected chi connectivity index (χ4v) is 2.76. The van der Waals surface area contributed by atoms with Crippen LogP contribution in [0, 0.1) is 12.8 Å². The highest BCUT2D eigenvalue weighted by atomic mass is 79.9. The van der Waals surface area contributed by atoms with Crippen LogP contribution in [0.4, 0.5) is 5.69 Å². The molecule has 1 atom stereocenters. The number of halogens is 1. The number of amides is 1. The number of nitrogens with one attached hydrogen (secondary N) is 3. The van der Waals surface area contributed by atoms with Gasteiger partial charge >= 0.3 is 0 Å². The summed E-state index contributed by atoms with van der Waals surface area (Å²) in [5.74, 6) is 0.455. The van der Waals surface area contributed by atoms with E-state index in [0.29, 0.717) is 19.6 Å². The molecule has 0 spiro atoms. The molecular formula is C14H16BrN5O2. The van der Waals surface area contributed by atoms with E-state index in [2.05, 4.69) is 36.5 Å². The summed E-state index contributed by atoms with van der Waals surface area (Å²) in [6.07, 6.45) is 3.58. The van der Waals surface area contributed by atoms with Crippen molar-refractivity contribution in [3.05, 3.63) is 44.8 Å². The van der Waals surface area contributed by atoms with Crippen LogP contribution in [0.25, 0.3) is 0 Å². The van der Waals surface area contributed by atoms with E-state index in [0.717, 1.165) is 16.0 Å². The van der Waals surface area contributed by atoms with Crippen molar-refractivity contribution in [2.45, 2.75) is 20.0 Å². The SMILES string of the molecule is Cc1[nH]c(=O)c(NC(=O)C2CNCc3nccn3C2)cc1Br. The van der Waals surface area contributed by atoms with E-state index in [1.165, 1.54) is 0 Å². The Bertz CT molecular complexity index is 767. The third-order valence-electron chi connectivity index (χ3n) is 3.70. The number of imidazole rings is 1. The van der Waals surface area contributed by atoms with Gasteiger partial charge in [0.15, 0.2) is 0 Å². The Morgan fingerprint density at radius 1 is 1.55 bits per heavy atom. The lowest BCUT2D eigenvalue weighted by Crippen LogP contribution is -2.34. The largest absolute Gasteiger partial charge is 0.333 e. The minimum absolute atomic E-state index is 0.185. The van der Waals surface area contributed by atoms with Crippen LogP contribution in [0.1, 0.15) is 11.5 Å². The average molecular weight is 366 g/mol. The molecule has 2 aromatic rings. The van der Waals surface area contributed by atoms with Gasteiger partial charge < -0.3 is 20.2 Å². The second-order valence-electron chi connectivity index (χ2n) is 5.30. The molecule has 0 saturated carbocycles. The van der Waals surface area contributed by atoms with Gasteiger partial charge in [0.25, 0.3) is 5.56 Å². The van der Waals surface area contributed by atoms with Crippen LogP contribution in [0.15, 0.2) is 27.7 Å². The van der Waals surface area contributed by atoms with Crippen molar-refractivity contribution in [2.75, 3.05) is 11.9 Å². The number of aromatic amines is 1. The maximum absolute atomic E-state index is 12.4. The molecule has 22 heavy (non-hydrogen) atoms. The molecule has 8 heteroatoms. The lowest BCUT2D eigenvalue weighted by Gasteiger charge is -2.15. The summed E-state index contributed by atoms with van der Waals surface area (Å²) >= 11 is 3.35. The number of hydrogen-bond donors (Lipinski definition) is 3. The lowest BCUT2D eigenvalue weighted by atomic mass is 10.1. The van der Waals surface area contributed by atoms with E-state index >= 15 is 0 Å². The first-order valence-electron chi connectivity index (χ1n) is 6.95. The molecule has 1 unspecified atom stereocenters. The second-order valence-corrected chi connectivity index (χ2v) is 6.15. The van der Waals surface area contributed by atoms with E-state index in [9.17, 15) is 9.59 Å². The van der Waals surface area contributed by atoms with Gasteiger partial charge in [-0.2, -0.15) is 0 Å². The fourth-order valence-electron chi connectivity index (χ4n) is 2.43. The third kappa shape index (κ3) is 2.97. The molecule has 0 fully saturated rings. The maximum Gasteiger partial charge on any atom is 0.271 e. The highest BCUT2D eigenvalue weighted by Gasteiger charge is 2.23. The number of rotatable bonds is 2. The van der Waals surface area contributed by atoms with Crippen LogP contribution in [0.3, 0.4) is 0 Å². The Morgan fingerprint density at radius 3 is 3.18 bits per heavy atom. The number of aromatic nitrogens is 3. The van der Waals surface area contributed by atoms with Crippen LogP contribution >= 0.6 is 15.9 Å². The molecule has 116 valence electrons. The summed E-state index contributed by atoms with van der Waals surface area (Å²) in [7, 11) is 0. The topological polar surface area (TPSA) is 91.8 Å². The Hall–Kier alpha value is -1.93. The molecule has 0 radical (unpaired) electrons. The van der Waals surface area contributed by atoms with E-state index < -0.39 is 0 Å². The van der Waals surface area contributed by atoms with Gasteiger partial charge in [0.2, 0.25) is 5.91 Å². The van der Waals surface area contributed by atoms with Gasteiger partial charge in [0, 0.05) is 35.6 Å². The van der Waals surface area contributed by atoms with Gasteiger partial charge in [-0.1, -0.05) is 0 Å². The number of H-pyrrole nitrogens is 1. The first kappa shape index (κ1) is 15.0. The fraction of sp³-hybridized carbons (Fsp3) is 0.357.